The van der Waals surface area contributed by atoms with Gasteiger partial charge in [-0.15, -0.1) is 0 Å². The van der Waals surface area contributed by atoms with Crippen molar-refractivity contribution in [3.8, 4) is 0 Å². The van der Waals surface area contributed by atoms with Crippen molar-refractivity contribution in [2.45, 2.75) is 0 Å². The van der Waals surface area contributed by atoms with E-state index in [1.807, 2.05) is 0 Å². The minimum atomic E-state index is -0.836. The van der Waals surface area contributed by atoms with E-state index < -0.39 is 5.92 Å². The number of ketones is 2. The third-order valence-electron chi connectivity index (χ3n) is 3.30. The van der Waals surface area contributed by atoms with Crippen molar-refractivity contribution in [1.29, 1.82) is 5.41 Å². The van der Waals surface area contributed by atoms with Crippen molar-refractivity contribution in [3.05, 3.63) is 58.8 Å². The van der Waals surface area contributed by atoms with Gasteiger partial charge in [-0.3, -0.25) is 9.59 Å². The third-order valence-corrected chi connectivity index (χ3v) is 3.30. The highest BCUT2D eigenvalue weighted by atomic mass is 16.1. The molecule has 3 N–H and O–H groups in total. The smallest absolute Gasteiger partial charge is 0.192 e. The predicted molar refractivity (Wildman–Crippen MR) is 66.7 cm³/mol. The van der Waals surface area contributed by atoms with Crippen molar-refractivity contribution < 1.29 is 9.59 Å². The van der Waals surface area contributed by atoms with Crippen molar-refractivity contribution in [3.63, 3.8) is 0 Å². The first-order valence-corrected chi connectivity index (χ1v) is 5.55. The maximum absolute atomic E-state index is 12.3. The SMILES string of the molecule is N=C1C=CC(N)=C2C(=O)c3ccccc3C(=O)C12. The lowest BCUT2D eigenvalue weighted by molar-refractivity contribution is 0.0910. The monoisotopic (exact) mass is 238 g/mol. The summed E-state index contributed by atoms with van der Waals surface area (Å²) >= 11 is 0. The van der Waals surface area contributed by atoms with Gasteiger partial charge in [0.25, 0.3) is 0 Å². The highest BCUT2D eigenvalue weighted by Gasteiger charge is 2.41. The van der Waals surface area contributed by atoms with Crippen LogP contribution in [0.3, 0.4) is 0 Å². The molecule has 4 nitrogen and oxygen atoms in total. The van der Waals surface area contributed by atoms with Gasteiger partial charge in [-0.2, -0.15) is 0 Å². The van der Waals surface area contributed by atoms with Gasteiger partial charge < -0.3 is 11.1 Å². The van der Waals surface area contributed by atoms with E-state index >= 15 is 0 Å². The van der Waals surface area contributed by atoms with Gasteiger partial charge in [-0.1, -0.05) is 24.3 Å². The fraction of sp³-hybridized carbons (Fsp3) is 0.0714. The topological polar surface area (TPSA) is 84.0 Å². The van der Waals surface area contributed by atoms with E-state index in [9.17, 15) is 9.59 Å². The van der Waals surface area contributed by atoms with E-state index in [4.69, 9.17) is 11.1 Å². The molecule has 1 aromatic carbocycles. The highest BCUT2D eigenvalue weighted by Crippen LogP contribution is 2.33. The number of carbonyl (C=O) groups excluding carboxylic acids is 2. The number of nitrogens with one attached hydrogen (secondary N) is 1. The molecule has 1 atom stereocenters. The average molecular weight is 238 g/mol. The second kappa shape index (κ2) is 3.50. The Balaban J connectivity index is 2.32. The largest absolute Gasteiger partial charge is 0.398 e. The summed E-state index contributed by atoms with van der Waals surface area (Å²) in [6.45, 7) is 0. The van der Waals surface area contributed by atoms with E-state index in [-0.39, 0.29) is 28.5 Å². The second-order valence-corrected chi connectivity index (χ2v) is 4.33. The van der Waals surface area contributed by atoms with Gasteiger partial charge >= 0.3 is 0 Å². The lowest BCUT2D eigenvalue weighted by atomic mass is 9.73. The number of Topliss-reactive ketones (excluding diaryl/α,β-unsaturated/α-hetero) is 2. The van der Waals surface area contributed by atoms with Gasteiger partial charge in [0.15, 0.2) is 11.6 Å². The number of benzene rings is 1. The number of fused-ring (bicyclic) bond motifs is 2. The third kappa shape index (κ3) is 1.23. The average Bonchev–Trinajstić information content (AvgIpc) is 2.38. The van der Waals surface area contributed by atoms with Crippen LogP contribution in [0, 0.1) is 11.3 Å². The molecule has 2 aliphatic rings. The van der Waals surface area contributed by atoms with Crippen LogP contribution < -0.4 is 5.73 Å². The normalized spacial score (nSPS) is 22.0. The fourth-order valence-electron chi connectivity index (χ4n) is 2.42. The minimum absolute atomic E-state index is 0.118. The molecule has 18 heavy (non-hydrogen) atoms. The molecule has 0 saturated heterocycles. The Morgan fingerprint density at radius 2 is 1.72 bits per heavy atom. The number of nitrogens with two attached hydrogens (primary N) is 1. The van der Waals surface area contributed by atoms with Crippen LogP contribution in [0.1, 0.15) is 20.7 Å². The zero-order chi connectivity index (χ0) is 12.9. The van der Waals surface area contributed by atoms with Crippen LogP contribution in [0.15, 0.2) is 47.7 Å². The van der Waals surface area contributed by atoms with Crippen LogP contribution in [-0.2, 0) is 0 Å². The Morgan fingerprint density at radius 1 is 1.06 bits per heavy atom. The zero-order valence-corrected chi connectivity index (χ0v) is 9.44. The maximum atomic E-state index is 12.3. The first-order valence-electron chi connectivity index (χ1n) is 5.55. The van der Waals surface area contributed by atoms with Gasteiger partial charge in [0.1, 0.15) is 0 Å². The summed E-state index contributed by atoms with van der Waals surface area (Å²) in [4.78, 5) is 24.7. The van der Waals surface area contributed by atoms with Gasteiger partial charge in [0.05, 0.1) is 5.92 Å². The van der Waals surface area contributed by atoms with Crippen LogP contribution in [0.25, 0.3) is 0 Å². The fourth-order valence-corrected chi connectivity index (χ4v) is 2.42. The molecule has 0 aliphatic heterocycles. The molecular weight excluding hydrogens is 228 g/mol. The molecule has 0 amide bonds. The summed E-state index contributed by atoms with van der Waals surface area (Å²) in [6.07, 6.45) is 2.98. The predicted octanol–water partition coefficient (Wildman–Crippen LogP) is 1.48. The van der Waals surface area contributed by atoms with Crippen LogP contribution in [0.4, 0.5) is 0 Å². The molecule has 0 aromatic heterocycles. The Bertz CT molecular complexity index is 668. The maximum Gasteiger partial charge on any atom is 0.192 e. The van der Waals surface area contributed by atoms with Crippen LogP contribution >= 0.6 is 0 Å². The van der Waals surface area contributed by atoms with E-state index in [0.717, 1.165) is 0 Å². The summed E-state index contributed by atoms with van der Waals surface area (Å²) < 4.78 is 0. The molecule has 0 spiro atoms. The Hall–Kier alpha value is -2.49. The second-order valence-electron chi connectivity index (χ2n) is 4.33. The minimum Gasteiger partial charge on any atom is -0.398 e. The summed E-state index contributed by atoms with van der Waals surface area (Å²) in [6, 6.07) is 6.66. The molecule has 0 heterocycles. The van der Waals surface area contributed by atoms with Gasteiger partial charge in [-0.05, 0) is 12.2 Å². The lowest BCUT2D eigenvalue weighted by Gasteiger charge is -2.27. The van der Waals surface area contributed by atoms with E-state index in [2.05, 4.69) is 0 Å². The highest BCUT2D eigenvalue weighted by molar-refractivity contribution is 6.32. The zero-order valence-electron chi connectivity index (χ0n) is 9.44. The van der Waals surface area contributed by atoms with Crippen LogP contribution in [-0.4, -0.2) is 17.3 Å². The van der Waals surface area contributed by atoms with E-state index in [0.29, 0.717) is 11.1 Å². The first kappa shape index (κ1) is 10.7. The Kier molecular flexibility index (Phi) is 2.07. The molecule has 4 heteroatoms. The van der Waals surface area contributed by atoms with E-state index in [1.54, 1.807) is 24.3 Å². The van der Waals surface area contributed by atoms with E-state index in [1.165, 1.54) is 12.2 Å². The summed E-state index contributed by atoms with van der Waals surface area (Å²) in [5.74, 6) is -1.31. The Labute approximate surface area is 103 Å². The molecule has 2 aliphatic carbocycles. The molecule has 3 rings (SSSR count). The van der Waals surface area contributed by atoms with Crippen molar-refractivity contribution in [2.24, 2.45) is 11.7 Å². The van der Waals surface area contributed by atoms with Crippen molar-refractivity contribution in [1.82, 2.24) is 0 Å². The summed E-state index contributed by atoms with van der Waals surface area (Å²) in [5.41, 5.74) is 7.18. The standard InChI is InChI=1S/C14H10N2O2/c15-9-5-6-10(16)12-11(9)13(17)7-3-1-2-4-8(7)14(12)18/h1-6,11,15H,16H2. The molecule has 0 radical (unpaired) electrons. The quantitative estimate of drug-likeness (QED) is 0.718. The summed E-state index contributed by atoms with van der Waals surface area (Å²) in [5, 5.41) is 7.82. The van der Waals surface area contributed by atoms with Gasteiger partial charge in [-0.25, -0.2) is 0 Å². The number of allylic oxidation sites excluding steroid dienone is 3. The number of hydrogen-bond acceptors (Lipinski definition) is 4. The molecule has 0 fully saturated rings. The van der Waals surface area contributed by atoms with Crippen LogP contribution in [0.2, 0.25) is 0 Å². The molecule has 0 saturated carbocycles. The molecule has 88 valence electrons. The summed E-state index contributed by atoms with van der Waals surface area (Å²) in [7, 11) is 0. The van der Waals surface area contributed by atoms with Gasteiger partial charge in [0, 0.05) is 28.1 Å². The molecule has 1 aromatic rings. The lowest BCUT2D eigenvalue weighted by Crippen LogP contribution is -2.37. The molecule has 1 unspecified atom stereocenters. The number of hydrogen-bond donors (Lipinski definition) is 2. The Morgan fingerprint density at radius 3 is 2.44 bits per heavy atom. The van der Waals surface area contributed by atoms with Gasteiger partial charge in [0.2, 0.25) is 0 Å². The number of rotatable bonds is 0. The first-order chi connectivity index (χ1) is 8.61. The molecule has 0 bridgehead atoms. The molecular formula is C14H10N2O2. The van der Waals surface area contributed by atoms with Crippen molar-refractivity contribution >= 4 is 17.3 Å². The van der Waals surface area contributed by atoms with Crippen LogP contribution in [0.5, 0.6) is 0 Å². The van der Waals surface area contributed by atoms with Crippen molar-refractivity contribution in [2.75, 3.05) is 0 Å². The number of carbonyl (C=O) groups is 2.